The van der Waals surface area contributed by atoms with E-state index >= 15 is 0 Å². The van der Waals surface area contributed by atoms with Gasteiger partial charge in [0.05, 0.1) is 0 Å². The highest BCUT2D eigenvalue weighted by atomic mass is 19.1. The Hall–Kier alpha value is -3.72. The lowest BCUT2D eigenvalue weighted by molar-refractivity contribution is -0.149. The minimum absolute atomic E-state index is 0.0231. The van der Waals surface area contributed by atoms with Crippen LogP contribution in [0.1, 0.15) is 25.2 Å². The van der Waals surface area contributed by atoms with Gasteiger partial charge in [0, 0.05) is 24.7 Å². The van der Waals surface area contributed by atoms with E-state index in [9.17, 15) is 14.3 Å². The van der Waals surface area contributed by atoms with Crippen molar-refractivity contribution in [3.63, 3.8) is 0 Å². The molecule has 1 atom stereocenters. The monoisotopic (exact) mass is 456 g/mol. The molecule has 1 aromatic heterocycles. The maximum atomic E-state index is 13.2. The van der Waals surface area contributed by atoms with Crippen LogP contribution in [0.4, 0.5) is 4.39 Å². The van der Waals surface area contributed by atoms with Gasteiger partial charge in [0.25, 0.3) is 0 Å². The third-order valence-corrected chi connectivity index (χ3v) is 4.58. The zero-order chi connectivity index (χ0) is 23.6. The lowest BCUT2D eigenvalue weighted by Gasteiger charge is -2.13. The van der Waals surface area contributed by atoms with E-state index in [1.165, 1.54) is 12.1 Å². The highest BCUT2D eigenvalue weighted by Gasteiger charge is 2.19. The van der Waals surface area contributed by atoms with E-state index in [-0.39, 0.29) is 18.8 Å². The summed E-state index contributed by atoms with van der Waals surface area (Å²) in [6, 6.07) is 14.6. The molecule has 0 bridgehead atoms. The number of hydrogen-bond donors (Lipinski definition) is 1. The summed E-state index contributed by atoms with van der Waals surface area (Å²) in [7, 11) is 0. The first-order chi connectivity index (χ1) is 16.0. The fraction of sp³-hybridized carbons (Fsp3) is 0.292. The number of aromatic nitrogens is 1. The number of benzene rings is 2. The van der Waals surface area contributed by atoms with Gasteiger partial charge in [0.15, 0.2) is 17.6 Å². The Labute approximate surface area is 190 Å². The predicted molar refractivity (Wildman–Crippen MR) is 119 cm³/mol. The highest BCUT2D eigenvalue weighted by Crippen LogP contribution is 2.21. The molecule has 0 fully saturated rings. The highest BCUT2D eigenvalue weighted by molar-refractivity contribution is 5.99. The van der Waals surface area contributed by atoms with Gasteiger partial charge in [-0.3, -0.25) is 0 Å². The van der Waals surface area contributed by atoms with Crippen LogP contribution in [-0.2, 0) is 20.8 Å². The number of halogens is 1. The van der Waals surface area contributed by atoms with Crippen molar-refractivity contribution in [2.75, 3.05) is 19.8 Å². The molecule has 3 aromatic rings. The van der Waals surface area contributed by atoms with Crippen molar-refractivity contribution < 1.29 is 33.1 Å². The summed E-state index contributed by atoms with van der Waals surface area (Å²) in [4.78, 5) is 16.5. The van der Waals surface area contributed by atoms with Crippen molar-refractivity contribution in [1.82, 2.24) is 5.16 Å². The number of carboxylic acids is 1. The van der Waals surface area contributed by atoms with Crippen molar-refractivity contribution in [2.45, 2.75) is 26.4 Å². The van der Waals surface area contributed by atoms with Crippen LogP contribution in [0.5, 0.6) is 5.75 Å². The van der Waals surface area contributed by atoms with Gasteiger partial charge in [-0.1, -0.05) is 22.4 Å². The summed E-state index contributed by atoms with van der Waals surface area (Å²) < 4.78 is 29.7. The Bertz CT molecular complexity index is 1080. The lowest BCUT2D eigenvalue weighted by atomic mass is 10.1. The standard InChI is InChI=1S/C24H25FN2O6/c1-3-30-23(24(28)29)13-16-6-5-7-19(12-16)31-15-21(26-32-4-2)22-14-20(27-33-22)17-8-10-18(25)11-9-17/h5-12,14,23H,3-4,13,15H2,1-2H3,(H,28,29). The Morgan fingerprint density at radius 2 is 1.94 bits per heavy atom. The van der Waals surface area contributed by atoms with Gasteiger partial charge in [-0.2, -0.15) is 0 Å². The van der Waals surface area contributed by atoms with E-state index in [1.54, 1.807) is 50.2 Å². The van der Waals surface area contributed by atoms with Crippen molar-refractivity contribution in [2.24, 2.45) is 5.16 Å². The van der Waals surface area contributed by atoms with Crippen LogP contribution in [0.2, 0.25) is 0 Å². The molecule has 9 heteroatoms. The van der Waals surface area contributed by atoms with Crippen LogP contribution in [0.25, 0.3) is 11.3 Å². The van der Waals surface area contributed by atoms with Crippen molar-refractivity contribution in [1.29, 1.82) is 0 Å². The van der Waals surface area contributed by atoms with E-state index in [0.29, 0.717) is 41.7 Å². The van der Waals surface area contributed by atoms with Gasteiger partial charge in [0.2, 0.25) is 0 Å². The summed E-state index contributed by atoms with van der Waals surface area (Å²) in [5.41, 5.74) is 2.35. The van der Waals surface area contributed by atoms with Gasteiger partial charge in [0.1, 0.15) is 30.5 Å². The minimum atomic E-state index is -1.02. The summed E-state index contributed by atoms with van der Waals surface area (Å²) in [5, 5.41) is 17.4. The summed E-state index contributed by atoms with van der Waals surface area (Å²) in [6.07, 6.45) is -0.719. The van der Waals surface area contributed by atoms with E-state index < -0.39 is 12.1 Å². The molecule has 0 aliphatic carbocycles. The average Bonchev–Trinajstić information content (AvgIpc) is 3.29. The topological polar surface area (TPSA) is 103 Å². The third kappa shape index (κ3) is 6.88. The Morgan fingerprint density at radius 3 is 2.64 bits per heavy atom. The van der Waals surface area contributed by atoms with E-state index in [4.69, 9.17) is 18.8 Å². The van der Waals surface area contributed by atoms with E-state index in [1.807, 2.05) is 6.07 Å². The molecule has 1 heterocycles. The molecule has 33 heavy (non-hydrogen) atoms. The predicted octanol–water partition coefficient (Wildman–Crippen LogP) is 4.33. The first-order valence-corrected chi connectivity index (χ1v) is 10.5. The summed E-state index contributed by atoms with van der Waals surface area (Å²) >= 11 is 0. The second kappa shape index (κ2) is 11.8. The molecule has 0 radical (unpaired) electrons. The van der Waals surface area contributed by atoms with Crippen LogP contribution in [0.15, 0.2) is 64.3 Å². The maximum Gasteiger partial charge on any atom is 0.333 e. The molecule has 0 spiro atoms. The normalized spacial score (nSPS) is 12.4. The van der Waals surface area contributed by atoms with Crippen LogP contribution < -0.4 is 4.74 Å². The molecule has 174 valence electrons. The fourth-order valence-corrected chi connectivity index (χ4v) is 3.00. The average molecular weight is 456 g/mol. The smallest absolute Gasteiger partial charge is 0.333 e. The summed E-state index contributed by atoms with van der Waals surface area (Å²) in [6.45, 7) is 4.23. The quantitative estimate of drug-likeness (QED) is 0.320. The van der Waals surface area contributed by atoms with Gasteiger partial charge >= 0.3 is 5.97 Å². The number of hydrogen-bond acceptors (Lipinski definition) is 7. The second-order valence-corrected chi connectivity index (χ2v) is 6.96. The Morgan fingerprint density at radius 1 is 1.15 bits per heavy atom. The first kappa shape index (κ1) is 23.9. The van der Waals surface area contributed by atoms with Crippen LogP contribution in [0.3, 0.4) is 0 Å². The summed E-state index contributed by atoms with van der Waals surface area (Å²) in [5.74, 6) is -0.485. The number of carbonyl (C=O) groups is 1. The SMILES string of the molecule is CCON=C(COc1cccc(CC(OCC)C(=O)O)c1)c1cc(-c2ccc(F)cc2)no1. The molecule has 1 N–H and O–H groups in total. The molecule has 0 saturated heterocycles. The second-order valence-electron chi connectivity index (χ2n) is 6.96. The van der Waals surface area contributed by atoms with Gasteiger partial charge in [-0.05, 0) is 55.8 Å². The Balaban J connectivity index is 1.72. The fourth-order valence-electron chi connectivity index (χ4n) is 3.00. The number of rotatable bonds is 12. The zero-order valence-corrected chi connectivity index (χ0v) is 18.4. The number of carboxylic acid groups (broad SMARTS) is 1. The molecular weight excluding hydrogens is 431 g/mol. The minimum Gasteiger partial charge on any atom is -0.487 e. The molecule has 0 saturated carbocycles. The third-order valence-electron chi connectivity index (χ3n) is 4.58. The maximum absolute atomic E-state index is 13.2. The molecule has 0 amide bonds. The number of aliphatic carboxylic acids is 1. The van der Waals surface area contributed by atoms with E-state index in [0.717, 1.165) is 5.56 Å². The van der Waals surface area contributed by atoms with Crippen molar-refractivity contribution in [3.05, 3.63) is 71.7 Å². The zero-order valence-electron chi connectivity index (χ0n) is 18.4. The Kier molecular flexibility index (Phi) is 8.54. The van der Waals surface area contributed by atoms with E-state index in [2.05, 4.69) is 10.3 Å². The molecular formula is C24H25FN2O6. The lowest BCUT2D eigenvalue weighted by Crippen LogP contribution is -2.26. The molecule has 1 unspecified atom stereocenters. The molecule has 3 rings (SSSR count). The number of ether oxygens (including phenoxy) is 2. The van der Waals surface area contributed by atoms with Crippen molar-refractivity contribution in [3.8, 4) is 17.0 Å². The van der Waals surface area contributed by atoms with Gasteiger partial charge in [-0.25, -0.2) is 9.18 Å². The largest absolute Gasteiger partial charge is 0.487 e. The first-order valence-electron chi connectivity index (χ1n) is 10.5. The number of nitrogens with zero attached hydrogens (tertiary/aromatic N) is 2. The van der Waals surface area contributed by atoms with Crippen LogP contribution in [-0.4, -0.2) is 47.9 Å². The molecule has 8 nitrogen and oxygen atoms in total. The molecule has 0 aliphatic rings. The molecule has 2 aromatic carbocycles. The van der Waals surface area contributed by atoms with Gasteiger partial charge in [-0.15, -0.1) is 0 Å². The van der Waals surface area contributed by atoms with Crippen LogP contribution in [0, 0.1) is 5.82 Å². The van der Waals surface area contributed by atoms with Gasteiger partial charge < -0.3 is 23.9 Å². The van der Waals surface area contributed by atoms with Crippen LogP contribution >= 0.6 is 0 Å². The number of oxime groups is 1. The van der Waals surface area contributed by atoms with Crippen molar-refractivity contribution >= 4 is 11.7 Å². The molecule has 0 aliphatic heterocycles.